The summed E-state index contributed by atoms with van der Waals surface area (Å²) < 4.78 is 16.0. The first kappa shape index (κ1) is 15.5. The van der Waals surface area contributed by atoms with Crippen molar-refractivity contribution in [2.45, 2.75) is 20.5 Å². The number of carbonyl (C=O) groups is 1. The van der Waals surface area contributed by atoms with Crippen LogP contribution in [0, 0.1) is 11.3 Å². The van der Waals surface area contributed by atoms with Crippen molar-refractivity contribution >= 4 is 21.9 Å². The maximum Gasteiger partial charge on any atom is 0.302 e. The molecule has 1 aromatic carbocycles. The SMILES string of the molecule is CCOCOc1cc(Br)c(COC(C)=O)c(C#N)c1. The molecular formula is C13H14BrNO4. The van der Waals surface area contributed by atoms with Gasteiger partial charge in [0.2, 0.25) is 0 Å². The Kier molecular flexibility index (Phi) is 6.33. The second-order valence-corrected chi connectivity index (χ2v) is 4.43. The van der Waals surface area contributed by atoms with Crippen LogP contribution >= 0.6 is 15.9 Å². The fourth-order valence-electron chi connectivity index (χ4n) is 1.31. The summed E-state index contributed by atoms with van der Waals surface area (Å²) in [7, 11) is 0. The van der Waals surface area contributed by atoms with Gasteiger partial charge in [0.15, 0.2) is 6.79 Å². The summed E-state index contributed by atoms with van der Waals surface area (Å²) in [5.41, 5.74) is 1.00. The van der Waals surface area contributed by atoms with Crippen molar-refractivity contribution in [3.05, 3.63) is 27.7 Å². The minimum absolute atomic E-state index is 0.0462. The minimum atomic E-state index is -0.396. The van der Waals surface area contributed by atoms with Crippen LogP contribution < -0.4 is 4.74 Å². The Hall–Kier alpha value is -1.58. The van der Waals surface area contributed by atoms with Crippen molar-refractivity contribution in [1.82, 2.24) is 0 Å². The Balaban J connectivity index is 2.88. The number of esters is 1. The molecule has 0 bridgehead atoms. The van der Waals surface area contributed by atoms with Gasteiger partial charge in [-0.1, -0.05) is 15.9 Å². The Morgan fingerprint density at radius 3 is 2.79 bits per heavy atom. The van der Waals surface area contributed by atoms with E-state index in [0.717, 1.165) is 0 Å². The van der Waals surface area contributed by atoms with Crippen molar-refractivity contribution in [1.29, 1.82) is 5.26 Å². The largest absolute Gasteiger partial charge is 0.467 e. The quantitative estimate of drug-likeness (QED) is 0.456. The number of nitrogens with zero attached hydrogens (tertiary/aromatic N) is 1. The first-order chi connectivity index (χ1) is 9.08. The van der Waals surface area contributed by atoms with Crippen LogP contribution in [0.3, 0.4) is 0 Å². The zero-order valence-corrected chi connectivity index (χ0v) is 12.3. The summed E-state index contributed by atoms with van der Waals surface area (Å²) >= 11 is 3.33. The van der Waals surface area contributed by atoms with E-state index in [1.54, 1.807) is 12.1 Å². The number of benzene rings is 1. The fraction of sp³-hybridized carbons (Fsp3) is 0.385. The van der Waals surface area contributed by atoms with Crippen molar-refractivity contribution in [3.8, 4) is 11.8 Å². The monoisotopic (exact) mass is 327 g/mol. The molecule has 0 unspecified atom stereocenters. The van der Waals surface area contributed by atoms with E-state index in [4.69, 9.17) is 19.5 Å². The Labute approximate surface area is 120 Å². The van der Waals surface area contributed by atoms with Crippen molar-refractivity contribution in [2.24, 2.45) is 0 Å². The predicted molar refractivity (Wildman–Crippen MR) is 71.4 cm³/mol. The average Bonchev–Trinajstić information content (AvgIpc) is 2.37. The molecule has 0 radical (unpaired) electrons. The molecule has 0 spiro atoms. The van der Waals surface area contributed by atoms with E-state index >= 15 is 0 Å². The van der Waals surface area contributed by atoms with Gasteiger partial charge in [-0.15, -0.1) is 0 Å². The van der Waals surface area contributed by atoms with Crippen molar-refractivity contribution in [2.75, 3.05) is 13.4 Å². The van der Waals surface area contributed by atoms with Crippen LogP contribution in [0.15, 0.2) is 16.6 Å². The first-order valence-corrected chi connectivity index (χ1v) is 6.44. The van der Waals surface area contributed by atoms with E-state index in [-0.39, 0.29) is 13.4 Å². The number of nitriles is 1. The number of rotatable bonds is 6. The summed E-state index contributed by atoms with van der Waals surface area (Å²) in [6.07, 6.45) is 0. The van der Waals surface area contributed by atoms with Gasteiger partial charge in [-0.05, 0) is 19.1 Å². The molecule has 0 saturated carbocycles. The molecule has 0 aliphatic rings. The van der Waals surface area contributed by atoms with E-state index < -0.39 is 5.97 Å². The maximum absolute atomic E-state index is 10.8. The summed E-state index contributed by atoms with van der Waals surface area (Å²) in [5, 5.41) is 9.11. The van der Waals surface area contributed by atoms with Crippen LogP contribution in [-0.2, 0) is 20.9 Å². The molecule has 0 aromatic heterocycles. The molecule has 0 N–H and O–H groups in total. The highest BCUT2D eigenvalue weighted by atomic mass is 79.9. The lowest BCUT2D eigenvalue weighted by Crippen LogP contribution is -2.05. The smallest absolute Gasteiger partial charge is 0.302 e. The van der Waals surface area contributed by atoms with Gasteiger partial charge in [-0.25, -0.2) is 0 Å². The second kappa shape index (κ2) is 7.77. The van der Waals surface area contributed by atoms with Gasteiger partial charge < -0.3 is 14.2 Å². The zero-order chi connectivity index (χ0) is 14.3. The molecular weight excluding hydrogens is 314 g/mol. The Morgan fingerprint density at radius 2 is 2.21 bits per heavy atom. The molecule has 0 heterocycles. The van der Waals surface area contributed by atoms with Gasteiger partial charge in [0.1, 0.15) is 12.4 Å². The predicted octanol–water partition coefficient (Wildman–Crippen LogP) is 2.76. The summed E-state index contributed by atoms with van der Waals surface area (Å²) in [6, 6.07) is 5.34. The van der Waals surface area contributed by atoms with Gasteiger partial charge in [0, 0.05) is 23.6 Å². The lowest BCUT2D eigenvalue weighted by molar-refractivity contribution is -0.142. The summed E-state index contributed by atoms with van der Waals surface area (Å²) in [5.74, 6) is 0.121. The van der Waals surface area contributed by atoms with Crippen molar-refractivity contribution < 1.29 is 19.0 Å². The van der Waals surface area contributed by atoms with Gasteiger partial charge in [0.05, 0.1) is 11.6 Å². The van der Waals surface area contributed by atoms with E-state index in [1.165, 1.54) is 6.92 Å². The van der Waals surface area contributed by atoms with E-state index in [9.17, 15) is 4.79 Å². The van der Waals surface area contributed by atoms with Crippen LogP contribution in [0.25, 0.3) is 0 Å². The normalized spacial score (nSPS) is 9.79. The van der Waals surface area contributed by atoms with Crippen LogP contribution in [0.4, 0.5) is 0 Å². The third-order valence-corrected chi connectivity index (χ3v) is 2.93. The fourth-order valence-corrected chi connectivity index (χ4v) is 1.86. The molecule has 1 aromatic rings. The van der Waals surface area contributed by atoms with Crippen molar-refractivity contribution in [3.63, 3.8) is 0 Å². The first-order valence-electron chi connectivity index (χ1n) is 5.65. The number of halogens is 1. The number of hydrogen-bond acceptors (Lipinski definition) is 5. The maximum atomic E-state index is 10.8. The molecule has 0 atom stereocenters. The van der Waals surface area contributed by atoms with Crippen LogP contribution in [0.5, 0.6) is 5.75 Å². The van der Waals surface area contributed by atoms with Gasteiger partial charge >= 0.3 is 5.97 Å². The van der Waals surface area contributed by atoms with Gasteiger partial charge in [-0.3, -0.25) is 4.79 Å². The zero-order valence-electron chi connectivity index (χ0n) is 10.7. The molecule has 0 fully saturated rings. The third kappa shape index (κ3) is 4.89. The Bertz CT molecular complexity index is 496. The van der Waals surface area contributed by atoms with Gasteiger partial charge in [0.25, 0.3) is 0 Å². The van der Waals surface area contributed by atoms with Crippen LogP contribution in [-0.4, -0.2) is 19.4 Å². The van der Waals surface area contributed by atoms with E-state index in [1.807, 2.05) is 13.0 Å². The molecule has 0 amide bonds. The topological polar surface area (TPSA) is 68.6 Å². The highest BCUT2D eigenvalue weighted by Crippen LogP contribution is 2.27. The molecule has 0 aliphatic carbocycles. The van der Waals surface area contributed by atoms with E-state index in [0.29, 0.717) is 28.0 Å². The molecule has 0 saturated heterocycles. The molecule has 5 nitrogen and oxygen atoms in total. The Morgan fingerprint density at radius 1 is 1.47 bits per heavy atom. The molecule has 102 valence electrons. The summed E-state index contributed by atoms with van der Waals surface area (Å²) in [4.78, 5) is 10.8. The highest BCUT2D eigenvalue weighted by molar-refractivity contribution is 9.10. The lowest BCUT2D eigenvalue weighted by Gasteiger charge is -2.11. The third-order valence-electron chi connectivity index (χ3n) is 2.22. The standard InChI is InChI=1S/C13H14BrNO4/c1-3-17-8-19-11-4-10(6-15)12(13(14)5-11)7-18-9(2)16/h4-5H,3,7-8H2,1-2H3. The number of hydrogen-bond donors (Lipinski definition) is 0. The van der Waals surface area contributed by atoms with Gasteiger partial charge in [-0.2, -0.15) is 5.26 Å². The molecule has 1 rings (SSSR count). The van der Waals surface area contributed by atoms with Crippen LogP contribution in [0.2, 0.25) is 0 Å². The second-order valence-electron chi connectivity index (χ2n) is 3.58. The summed E-state index contributed by atoms with van der Waals surface area (Å²) in [6.45, 7) is 3.90. The van der Waals surface area contributed by atoms with E-state index in [2.05, 4.69) is 15.9 Å². The average molecular weight is 328 g/mol. The van der Waals surface area contributed by atoms with Crippen LogP contribution in [0.1, 0.15) is 25.0 Å². The molecule has 19 heavy (non-hydrogen) atoms. The minimum Gasteiger partial charge on any atom is -0.467 e. The molecule has 0 aliphatic heterocycles. The number of carbonyl (C=O) groups excluding carboxylic acids is 1. The number of ether oxygens (including phenoxy) is 3. The lowest BCUT2D eigenvalue weighted by atomic mass is 10.1. The highest BCUT2D eigenvalue weighted by Gasteiger charge is 2.11. The molecule has 6 heteroatoms.